The van der Waals surface area contributed by atoms with E-state index in [0.29, 0.717) is 5.13 Å². The molecule has 0 aliphatic heterocycles. The summed E-state index contributed by atoms with van der Waals surface area (Å²) in [6, 6.07) is 20.7. The molecule has 1 amide bonds. The Labute approximate surface area is 197 Å². The van der Waals surface area contributed by atoms with Gasteiger partial charge in [-0.05, 0) is 48.7 Å². The van der Waals surface area contributed by atoms with Crippen LogP contribution in [-0.4, -0.2) is 30.0 Å². The molecule has 0 saturated carbocycles. The molecule has 0 unspecified atom stereocenters. The average molecular weight is 480 g/mol. The van der Waals surface area contributed by atoms with Gasteiger partial charge in [-0.1, -0.05) is 53.8 Å². The second kappa shape index (κ2) is 10.2. The number of anilines is 1. The van der Waals surface area contributed by atoms with Crippen molar-refractivity contribution in [2.45, 2.75) is 32.1 Å². The predicted molar refractivity (Wildman–Crippen MR) is 133 cm³/mol. The third-order valence-electron chi connectivity index (χ3n) is 5.19. The summed E-state index contributed by atoms with van der Waals surface area (Å²) in [5, 5.41) is 0.596. The predicted octanol–water partition coefficient (Wildman–Crippen LogP) is 4.93. The molecule has 0 bridgehead atoms. The first-order valence-electron chi connectivity index (χ1n) is 10.7. The summed E-state index contributed by atoms with van der Waals surface area (Å²) in [5.74, 6) is -0.215. The summed E-state index contributed by atoms with van der Waals surface area (Å²) < 4.78 is 26.0. The van der Waals surface area contributed by atoms with Crippen molar-refractivity contribution in [1.82, 2.24) is 9.97 Å². The summed E-state index contributed by atoms with van der Waals surface area (Å²) in [4.78, 5) is 23.8. The molecule has 0 radical (unpaired) electrons. The number of fused-ring (bicyclic) bond motifs is 1. The lowest BCUT2D eigenvalue weighted by atomic mass is 10.2. The minimum Gasteiger partial charge on any atom is -0.282 e. The maximum absolute atomic E-state index is 13.2. The topological polar surface area (TPSA) is 80.2 Å². The van der Waals surface area contributed by atoms with Gasteiger partial charge >= 0.3 is 0 Å². The molecule has 0 aliphatic rings. The number of carbonyl (C=O) groups is 1. The van der Waals surface area contributed by atoms with Crippen molar-refractivity contribution in [2.24, 2.45) is 0 Å². The smallest absolute Gasteiger partial charge is 0.229 e. The molecule has 0 spiro atoms. The Morgan fingerprint density at radius 3 is 2.58 bits per heavy atom. The van der Waals surface area contributed by atoms with Crippen molar-refractivity contribution in [3.63, 3.8) is 0 Å². The number of carbonyl (C=O) groups excluding carboxylic acids is 1. The highest BCUT2D eigenvalue weighted by Gasteiger charge is 2.22. The summed E-state index contributed by atoms with van der Waals surface area (Å²) in [5.41, 5.74) is 3.47. The largest absolute Gasteiger partial charge is 0.282 e. The van der Waals surface area contributed by atoms with Crippen LogP contribution in [0.15, 0.2) is 72.9 Å². The van der Waals surface area contributed by atoms with Gasteiger partial charge in [0.2, 0.25) is 5.91 Å². The number of benzene rings is 2. The number of aryl methyl sites for hydroxylation is 1. The van der Waals surface area contributed by atoms with Crippen LogP contribution in [-0.2, 0) is 26.9 Å². The molecule has 6 nitrogen and oxygen atoms in total. The average Bonchev–Trinajstić information content (AvgIpc) is 3.21. The van der Waals surface area contributed by atoms with Gasteiger partial charge in [-0.15, -0.1) is 0 Å². The normalized spacial score (nSPS) is 11.5. The standard InChI is InChI=1S/C25H25N3O3S2/c1-19-12-13-22-23(16-19)32-25(27-22)28(17-21-10-5-6-14-26-21)24(29)11-7-15-33(30,31)18-20-8-3-2-4-9-20/h2-6,8-10,12-14,16H,7,11,15,17-18H2,1H3. The lowest BCUT2D eigenvalue weighted by Gasteiger charge is -2.19. The minimum absolute atomic E-state index is 0.0170. The summed E-state index contributed by atoms with van der Waals surface area (Å²) in [7, 11) is -3.30. The van der Waals surface area contributed by atoms with Gasteiger partial charge in [0.15, 0.2) is 15.0 Å². The molecule has 170 valence electrons. The van der Waals surface area contributed by atoms with Crippen molar-refractivity contribution < 1.29 is 13.2 Å². The van der Waals surface area contributed by atoms with Crippen LogP contribution in [0.2, 0.25) is 0 Å². The number of hydrogen-bond donors (Lipinski definition) is 0. The van der Waals surface area contributed by atoms with Gasteiger partial charge in [-0.3, -0.25) is 14.7 Å². The lowest BCUT2D eigenvalue weighted by molar-refractivity contribution is -0.118. The molecule has 0 N–H and O–H groups in total. The lowest BCUT2D eigenvalue weighted by Crippen LogP contribution is -2.31. The molecule has 0 saturated heterocycles. The van der Waals surface area contributed by atoms with Crippen LogP contribution in [0.1, 0.15) is 29.7 Å². The van der Waals surface area contributed by atoms with E-state index in [1.807, 2.05) is 55.5 Å². The van der Waals surface area contributed by atoms with Gasteiger partial charge in [-0.2, -0.15) is 0 Å². The van der Waals surface area contributed by atoms with Crippen LogP contribution in [0.5, 0.6) is 0 Å². The second-order valence-electron chi connectivity index (χ2n) is 7.95. The maximum Gasteiger partial charge on any atom is 0.229 e. The van der Waals surface area contributed by atoms with E-state index in [9.17, 15) is 13.2 Å². The van der Waals surface area contributed by atoms with Crippen LogP contribution >= 0.6 is 11.3 Å². The molecule has 0 fully saturated rings. The summed E-state index contributed by atoms with van der Waals surface area (Å²) in [6.07, 6.45) is 2.07. The molecule has 2 aromatic carbocycles. The van der Waals surface area contributed by atoms with Crippen molar-refractivity contribution in [1.29, 1.82) is 0 Å². The number of aromatic nitrogens is 2. The Bertz CT molecular complexity index is 1340. The zero-order chi connectivity index (χ0) is 23.3. The highest BCUT2D eigenvalue weighted by Crippen LogP contribution is 2.31. The van der Waals surface area contributed by atoms with Crippen LogP contribution in [0.4, 0.5) is 5.13 Å². The quantitative estimate of drug-likeness (QED) is 0.340. The highest BCUT2D eigenvalue weighted by molar-refractivity contribution is 7.90. The number of rotatable bonds is 9. The monoisotopic (exact) mass is 479 g/mol. The van der Waals surface area contributed by atoms with Crippen LogP contribution in [0.3, 0.4) is 0 Å². The number of amides is 1. The molecular weight excluding hydrogens is 454 g/mol. The van der Waals surface area contributed by atoms with Crippen molar-refractivity contribution in [3.8, 4) is 0 Å². The fourth-order valence-electron chi connectivity index (χ4n) is 3.53. The van der Waals surface area contributed by atoms with Gasteiger partial charge in [0.1, 0.15) is 0 Å². The first-order valence-corrected chi connectivity index (χ1v) is 13.4. The summed E-state index contributed by atoms with van der Waals surface area (Å²) in [6.45, 7) is 2.31. The molecule has 2 heterocycles. The van der Waals surface area contributed by atoms with E-state index in [4.69, 9.17) is 0 Å². The van der Waals surface area contributed by atoms with Gasteiger partial charge in [-0.25, -0.2) is 13.4 Å². The van der Waals surface area contributed by atoms with Crippen LogP contribution in [0.25, 0.3) is 10.2 Å². The number of hydrogen-bond acceptors (Lipinski definition) is 6. The van der Waals surface area contributed by atoms with E-state index in [-0.39, 0.29) is 36.8 Å². The fourth-order valence-corrected chi connectivity index (χ4v) is 6.04. The fraction of sp³-hybridized carbons (Fsp3) is 0.240. The Morgan fingerprint density at radius 1 is 1.03 bits per heavy atom. The molecular formula is C25H25N3O3S2. The van der Waals surface area contributed by atoms with Crippen LogP contribution < -0.4 is 4.90 Å². The third-order valence-corrected chi connectivity index (χ3v) is 7.91. The number of nitrogens with zero attached hydrogens (tertiary/aromatic N) is 3. The van der Waals surface area contributed by atoms with Gasteiger partial charge in [0.25, 0.3) is 0 Å². The zero-order valence-corrected chi connectivity index (χ0v) is 20.0. The molecule has 8 heteroatoms. The Kier molecular flexibility index (Phi) is 7.15. The summed E-state index contributed by atoms with van der Waals surface area (Å²) >= 11 is 1.46. The van der Waals surface area contributed by atoms with E-state index in [1.165, 1.54) is 11.3 Å². The number of sulfone groups is 1. The Hall–Kier alpha value is -3.10. The second-order valence-corrected chi connectivity index (χ2v) is 11.1. The molecule has 4 aromatic rings. The van der Waals surface area contributed by atoms with Crippen LogP contribution in [0, 0.1) is 6.92 Å². The van der Waals surface area contributed by atoms with Gasteiger partial charge in [0, 0.05) is 12.6 Å². The van der Waals surface area contributed by atoms with E-state index >= 15 is 0 Å². The molecule has 2 aromatic heterocycles. The first-order chi connectivity index (χ1) is 15.9. The number of thiazole rings is 1. The minimum atomic E-state index is -3.30. The Balaban J connectivity index is 1.48. The maximum atomic E-state index is 13.2. The van der Waals surface area contributed by atoms with E-state index in [0.717, 1.165) is 27.0 Å². The zero-order valence-electron chi connectivity index (χ0n) is 18.3. The highest BCUT2D eigenvalue weighted by atomic mass is 32.2. The molecule has 0 atom stereocenters. The first kappa shape index (κ1) is 23.1. The molecule has 33 heavy (non-hydrogen) atoms. The van der Waals surface area contributed by atoms with E-state index in [2.05, 4.69) is 16.0 Å². The van der Waals surface area contributed by atoms with E-state index < -0.39 is 9.84 Å². The van der Waals surface area contributed by atoms with Crippen molar-refractivity contribution in [2.75, 3.05) is 10.7 Å². The van der Waals surface area contributed by atoms with E-state index in [1.54, 1.807) is 23.2 Å². The molecule has 4 rings (SSSR count). The van der Waals surface area contributed by atoms with Gasteiger partial charge in [0.05, 0.1) is 34.0 Å². The van der Waals surface area contributed by atoms with Crippen molar-refractivity contribution in [3.05, 3.63) is 89.7 Å². The van der Waals surface area contributed by atoms with Gasteiger partial charge < -0.3 is 0 Å². The Morgan fingerprint density at radius 2 is 1.82 bits per heavy atom. The third kappa shape index (κ3) is 6.24. The number of pyridine rings is 1. The van der Waals surface area contributed by atoms with Crippen molar-refractivity contribution >= 4 is 42.4 Å². The molecule has 0 aliphatic carbocycles. The SMILES string of the molecule is Cc1ccc2nc(N(Cc3ccccn3)C(=O)CCCS(=O)(=O)Cc3ccccc3)sc2c1.